The summed E-state index contributed by atoms with van der Waals surface area (Å²) in [5.41, 5.74) is 7.29. The molecular weight excluding hydrogens is 299 g/mol. The molecule has 2 amide bonds. The van der Waals surface area contributed by atoms with Crippen LogP contribution >= 0.6 is 23.2 Å². The molecule has 0 spiro atoms. The summed E-state index contributed by atoms with van der Waals surface area (Å²) in [5, 5.41) is 0.605. The maximum absolute atomic E-state index is 11.8. The Morgan fingerprint density at radius 2 is 1.95 bits per heavy atom. The molecule has 0 saturated carbocycles. The van der Waals surface area contributed by atoms with Gasteiger partial charge in [-0.25, -0.2) is 19.7 Å². The molecule has 2 N–H and O–H groups in total. The van der Waals surface area contributed by atoms with Crippen LogP contribution in [0.15, 0.2) is 24.3 Å². The molecule has 7 heteroatoms. The van der Waals surface area contributed by atoms with Crippen LogP contribution in [0.5, 0.6) is 0 Å². The highest BCUT2D eigenvalue weighted by Gasteiger charge is 2.23. The number of hydrogen-bond donors (Lipinski definition) is 1. The molecule has 0 aliphatic carbocycles. The van der Waals surface area contributed by atoms with Crippen molar-refractivity contribution in [2.75, 3.05) is 4.90 Å². The summed E-state index contributed by atoms with van der Waals surface area (Å²) in [5.74, 6) is 0.0960. The number of para-hydroxylation sites is 1. The second-order valence-electron chi connectivity index (χ2n) is 4.21. The molecular formula is C13H12Cl2N4O. The van der Waals surface area contributed by atoms with Crippen molar-refractivity contribution in [3.05, 3.63) is 45.7 Å². The SMILES string of the molecule is Cc1cc(Cl)nc(N(C(N)=O)c2c(C)cccc2Cl)n1. The summed E-state index contributed by atoms with van der Waals surface area (Å²) in [4.78, 5) is 21.2. The van der Waals surface area contributed by atoms with Crippen LogP contribution in [0, 0.1) is 13.8 Å². The molecule has 5 nitrogen and oxygen atoms in total. The molecule has 1 heterocycles. The molecule has 104 valence electrons. The number of nitrogens with two attached hydrogens (primary N) is 1. The summed E-state index contributed by atoms with van der Waals surface area (Å²) < 4.78 is 0. The van der Waals surface area contributed by atoms with Gasteiger partial charge in [0.1, 0.15) is 5.15 Å². The van der Waals surface area contributed by atoms with Crippen molar-refractivity contribution >= 4 is 40.9 Å². The first kappa shape index (κ1) is 14.6. The average Bonchev–Trinajstić information content (AvgIpc) is 2.32. The Labute approximate surface area is 126 Å². The number of nitrogens with zero attached hydrogens (tertiary/aromatic N) is 3. The van der Waals surface area contributed by atoms with Gasteiger partial charge in [-0.3, -0.25) is 0 Å². The molecule has 0 bridgehead atoms. The van der Waals surface area contributed by atoms with Gasteiger partial charge < -0.3 is 5.73 Å². The van der Waals surface area contributed by atoms with E-state index >= 15 is 0 Å². The van der Waals surface area contributed by atoms with Gasteiger partial charge in [0.05, 0.1) is 10.7 Å². The maximum Gasteiger partial charge on any atom is 0.326 e. The van der Waals surface area contributed by atoms with Gasteiger partial charge in [-0.2, -0.15) is 0 Å². The van der Waals surface area contributed by atoms with Crippen LogP contribution in [0.3, 0.4) is 0 Å². The van der Waals surface area contributed by atoms with Crippen LogP contribution in [-0.2, 0) is 0 Å². The topological polar surface area (TPSA) is 72.1 Å². The van der Waals surface area contributed by atoms with Crippen LogP contribution in [0.4, 0.5) is 16.4 Å². The second-order valence-corrected chi connectivity index (χ2v) is 5.01. The zero-order chi connectivity index (χ0) is 14.9. The smallest absolute Gasteiger partial charge is 0.326 e. The fourth-order valence-corrected chi connectivity index (χ4v) is 2.37. The minimum atomic E-state index is -0.733. The summed E-state index contributed by atoms with van der Waals surface area (Å²) in [6.07, 6.45) is 0. The Balaban J connectivity index is 2.66. The Morgan fingerprint density at radius 3 is 2.50 bits per heavy atom. The number of primary amides is 1. The van der Waals surface area contributed by atoms with E-state index in [0.29, 0.717) is 16.4 Å². The minimum Gasteiger partial charge on any atom is -0.351 e. The van der Waals surface area contributed by atoms with Crippen LogP contribution in [-0.4, -0.2) is 16.0 Å². The van der Waals surface area contributed by atoms with Gasteiger partial charge in [0.25, 0.3) is 0 Å². The third-order valence-electron chi connectivity index (χ3n) is 2.64. The highest BCUT2D eigenvalue weighted by Crippen LogP contribution is 2.33. The second kappa shape index (κ2) is 5.64. The number of urea groups is 1. The molecule has 0 unspecified atom stereocenters. The quantitative estimate of drug-likeness (QED) is 0.861. The van der Waals surface area contributed by atoms with Gasteiger partial charge in [-0.1, -0.05) is 35.3 Å². The average molecular weight is 311 g/mol. The summed E-state index contributed by atoms with van der Waals surface area (Å²) in [6.45, 7) is 3.56. The predicted molar refractivity (Wildman–Crippen MR) is 79.7 cm³/mol. The molecule has 0 radical (unpaired) electrons. The highest BCUT2D eigenvalue weighted by atomic mass is 35.5. The third-order valence-corrected chi connectivity index (χ3v) is 3.14. The summed E-state index contributed by atoms with van der Waals surface area (Å²) >= 11 is 12.1. The first-order chi connectivity index (χ1) is 9.40. The van der Waals surface area contributed by atoms with Crippen molar-refractivity contribution < 1.29 is 4.79 Å². The van der Waals surface area contributed by atoms with Crippen molar-refractivity contribution in [2.24, 2.45) is 5.73 Å². The van der Waals surface area contributed by atoms with Crippen LogP contribution < -0.4 is 10.6 Å². The van der Waals surface area contributed by atoms with Crippen molar-refractivity contribution in [2.45, 2.75) is 13.8 Å². The first-order valence-electron chi connectivity index (χ1n) is 5.76. The summed E-state index contributed by atoms with van der Waals surface area (Å²) in [7, 11) is 0. The number of hydrogen-bond acceptors (Lipinski definition) is 3. The Hall–Kier alpha value is -1.85. The number of aryl methyl sites for hydroxylation is 2. The molecule has 2 rings (SSSR count). The number of halogens is 2. The normalized spacial score (nSPS) is 10.4. The van der Waals surface area contributed by atoms with Gasteiger partial charge >= 0.3 is 6.03 Å². The fraction of sp³-hybridized carbons (Fsp3) is 0.154. The molecule has 20 heavy (non-hydrogen) atoms. The van der Waals surface area contributed by atoms with Crippen molar-refractivity contribution in [3.8, 4) is 0 Å². The maximum atomic E-state index is 11.8. The Bertz CT molecular complexity index is 635. The molecule has 2 aromatic rings. The van der Waals surface area contributed by atoms with Crippen LogP contribution in [0.2, 0.25) is 10.2 Å². The third kappa shape index (κ3) is 2.84. The van der Waals surface area contributed by atoms with Crippen molar-refractivity contribution in [1.82, 2.24) is 9.97 Å². The van der Waals surface area contributed by atoms with Gasteiger partial charge in [0.15, 0.2) is 0 Å². The van der Waals surface area contributed by atoms with Gasteiger partial charge in [-0.05, 0) is 31.5 Å². The highest BCUT2D eigenvalue weighted by molar-refractivity contribution is 6.34. The van der Waals surface area contributed by atoms with E-state index in [4.69, 9.17) is 28.9 Å². The number of rotatable bonds is 2. The van der Waals surface area contributed by atoms with E-state index in [1.807, 2.05) is 13.0 Å². The van der Waals surface area contributed by atoms with E-state index in [-0.39, 0.29) is 11.1 Å². The van der Waals surface area contributed by atoms with E-state index in [0.717, 1.165) is 10.5 Å². The Kier molecular flexibility index (Phi) is 4.11. The van der Waals surface area contributed by atoms with Crippen LogP contribution in [0.1, 0.15) is 11.3 Å². The largest absolute Gasteiger partial charge is 0.351 e. The van der Waals surface area contributed by atoms with Gasteiger partial charge in [-0.15, -0.1) is 0 Å². The monoisotopic (exact) mass is 310 g/mol. The van der Waals surface area contributed by atoms with E-state index in [1.54, 1.807) is 25.1 Å². The van der Waals surface area contributed by atoms with Crippen molar-refractivity contribution in [3.63, 3.8) is 0 Å². The lowest BCUT2D eigenvalue weighted by molar-refractivity contribution is 0.255. The number of carbonyl (C=O) groups excluding carboxylic acids is 1. The number of amides is 2. The van der Waals surface area contributed by atoms with E-state index in [9.17, 15) is 4.79 Å². The molecule has 0 saturated heterocycles. The lowest BCUT2D eigenvalue weighted by atomic mass is 10.2. The van der Waals surface area contributed by atoms with Gasteiger partial charge in [0, 0.05) is 5.69 Å². The molecule has 1 aromatic carbocycles. The molecule has 0 fully saturated rings. The number of aromatic nitrogens is 2. The van der Waals surface area contributed by atoms with E-state index in [1.165, 1.54) is 0 Å². The molecule has 0 aliphatic heterocycles. The zero-order valence-corrected chi connectivity index (χ0v) is 12.4. The predicted octanol–water partition coefficient (Wildman–Crippen LogP) is 3.62. The van der Waals surface area contributed by atoms with Gasteiger partial charge in [0.2, 0.25) is 5.95 Å². The molecule has 0 aliphatic rings. The van der Waals surface area contributed by atoms with E-state index < -0.39 is 6.03 Å². The lowest BCUT2D eigenvalue weighted by Gasteiger charge is -2.21. The number of anilines is 2. The van der Waals surface area contributed by atoms with Crippen molar-refractivity contribution in [1.29, 1.82) is 0 Å². The minimum absolute atomic E-state index is 0.0960. The first-order valence-corrected chi connectivity index (χ1v) is 6.51. The number of carbonyl (C=O) groups is 1. The zero-order valence-electron chi connectivity index (χ0n) is 10.9. The standard InChI is InChI=1S/C13H12Cl2N4O/c1-7-4-3-5-9(14)11(7)19(12(16)20)13-17-8(2)6-10(15)18-13/h3-6H,1-2H3,(H2,16,20). The lowest BCUT2D eigenvalue weighted by Crippen LogP contribution is -2.33. The Morgan fingerprint density at radius 1 is 1.25 bits per heavy atom. The van der Waals surface area contributed by atoms with Crippen LogP contribution in [0.25, 0.3) is 0 Å². The molecule has 0 atom stereocenters. The van der Waals surface area contributed by atoms with E-state index in [2.05, 4.69) is 9.97 Å². The fourth-order valence-electron chi connectivity index (χ4n) is 1.83. The molecule has 1 aromatic heterocycles. The summed E-state index contributed by atoms with van der Waals surface area (Å²) in [6, 6.07) is 6.11. The number of benzene rings is 1.